The number of hydrogen-bond acceptors (Lipinski definition) is 7. The summed E-state index contributed by atoms with van der Waals surface area (Å²) in [5.74, 6) is 0.804. The van der Waals surface area contributed by atoms with Gasteiger partial charge in [-0.2, -0.15) is 0 Å². The van der Waals surface area contributed by atoms with E-state index >= 15 is 0 Å². The Balaban J connectivity index is 1.62. The van der Waals surface area contributed by atoms with Gasteiger partial charge in [0.15, 0.2) is 23.1 Å². The molecule has 3 aromatic rings. The van der Waals surface area contributed by atoms with Crippen molar-refractivity contribution >= 4 is 11.6 Å². The van der Waals surface area contributed by atoms with Crippen molar-refractivity contribution in [2.45, 2.75) is 20.1 Å². The van der Waals surface area contributed by atoms with Crippen LogP contribution in [-0.4, -0.2) is 38.8 Å². The number of nitrogens with zero attached hydrogens (tertiary/aromatic N) is 3. The molecule has 0 aliphatic heterocycles. The third-order valence-electron chi connectivity index (χ3n) is 4.03. The molecule has 0 aliphatic carbocycles. The van der Waals surface area contributed by atoms with E-state index < -0.39 is 0 Å². The van der Waals surface area contributed by atoms with E-state index in [-0.39, 0.29) is 30.5 Å². The zero-order valence-corrected chi connectivity index (χ0v) is 15.5. The molecule has 8 nitrogen and oxygen atoms in total. The van der Waals surface area contributed by atoms with Crippen molar-refractivity contribution < 1.29 is 24.2 Å². The fourth-order valence-corrected chi connectivity index (χ4v) is 2.53. The van der Waals surface area contributed by atoms with Crippen molar-refractivity contribution in [3.05, 3.63) is 65.5 Å². The number of rotatable bonds is 8. The number of ketones is 2. The molecule has 0 bridgehead atoms. The first-order chi connectivity index (χ1) is 13.5. The summed E-state index contributed by atoms with van der Waals surface area (Å²) in [6, 6.07) is 11.0. The summed E-state index contributed by atoms with van der Waals surface area (Å²) in [5, 5.41) is 17.2. The van der Waals surface area contributed by atoms with Gasteiger partial charge in [-0.3, -0.25) is 9.59 Å². The molecule has 0 saturated carbocycles. The van der Waals surface area contributed by atoms with Crippen molar-refractivity contribution in [2.75, 3.05) is 7.11 Å². The Labute approximate surface area is 161 Å². The van der Waals surface area contributed by atoms with Gasteiger partial charge in [0.05, 0.1) is 13.3 Å². The van der Waals surface area contributed by atoms with Crippen molar-refractivity contribution in [2.24, 2.45) is 0 Å². The molecule has 3 rings (SSSR count). The highest BCUT2D eigenvalue weighted by molar-refractivity contribution is 5.96. The number of benzene rings is 2. The lowest BCUT2D eigenvalue weighted by atomic mass is 10.1. The fraction of sp³-hybridized carbons (Fsp3) is 0.200. The zero-order valence-electron chi connectivity index (χ0n) is 15.5. The third-order valence-corrected chi connectivity index (χ3v) is 4.03. The molecule has 1 N–H and O–H groups in total. The Hall–Kier alpha value is -3.68. The number of carbonyl (C=O) groups is 2. The molecule has 144 valence electrons. The second kappa shape index (κ2) is 8.34. The van der Waals surface area contributed by atoms with Crippen molar-refractivity contribution in [3.8, 4) is 17.2 Å². The van der Waals surface area contributed by atoms with Crippen LogP contribution < -0.4 is 9.47 Å². The number of phenols is 1. The molecule has 1 heterocycles. The Morgan fingerprint density at radius 2 is 1.79 bits per heavy atom. The number of phenolic OH excluding ortho intramolecular Hbond substituents is 1. The Bertz CT molecular complexity index is 995. The summed E-state index contributed by atoms with van der Waals surface area (Å²) in [4.78, 5) is 23.7. The van der Waals surface area contributed by atoms with Crippen LogP contribution in [0.1, 0.15) is 33.3 Å². The average Bonchev–Trinajstić information content (AvgIpc) is 3.13. The van der Waals surface area contributed by atoms with Gasteiger partial charge in [-0.25, -0.2) is 4.68 Å². The van der Waals surface area contributed by atoms with Crippen LogP contribution >= 0.6 is 0 Å². The van der Waals surface area contributed by atoms with Crippen LogP contribution in [0, 0.1) is 0 Å². The highest BCUT2D eigenvalue weighted by atomic mass is 16.5. The van der Waals surface area contributed by atoms with Gasteiger partial charge in [0.2, 0.25) is 0 Å². The zero-order chi connectivity index (χ0) is 20.1. The van der Waals surface area contributed by atoms with Crippen molar-refractivity contribution in [1.29, 1.82) is 0 Å². The molecular weight excluding hydrogens is 362 g/mol. The molecule has 28 heavy (non-hydrogen) atoms. The minimum absolute atomic E-state index is 0.0222. The van der Waals surface area contributed by atoms with Gasteiger partial charge in [-0.15, -0.1) is 5.10 Å². The average molecular weight is 381 g/mol. The quantitative estimate of drug-likeness (QED) is 0.598. The molecule has 0 radical (unpaired) electrons. The molecular formula is C20H19N3O5. The maximum atomic E-state index is 12.2. The summed E-state index contributed by atoms with van der Waals surface area (Å²) >= 11 is 0. The van der Waals surface area contributed by atoms with E-state index in [0.29, 0.717) is 28.3 Å². The molecule has 0 unspecified atom stereocenters. The first kappa shape index (κ1) is 19.1. The topological polar surface area (TPSA) is 104 Å². The lowest BCUT2D eigenvalue weighted by molar-refractivity contribution is 0.0965. The summed E-state index contributed by atoms with van der Waals surface area (Å²) in [5.41, 5.74) is 1.54. The molecule has 0 atom stereocenters. The summed E-state index contributed by atoms with van der Waals surface area (Å²) < 4.78 is 12.4. The lowest BCUT2D eigenvalue weighted by Crippen LogP contribution is -2.10. The van der Waals surface area contributed by atoms with Crippen LogP contribution in [0.5, 0.6) is 17.2 Å². The second-order valence-corrected chi connectivity index (χ2v) is 6.09. The molecule has 0 spiro atoms. The monoisotopic (exact) mass is 381 g/mol. The number of ether oxygens (including phenoxy) is 2. The van der Waals surface area contributed by atoms with E-state index in [2.05, 4.69) is 10.3 Å². The van der Waals surface area contributed by atoms with E-state index in [1.165, 1.54) is 30.8 Å². The lowest BCUT2D eigenvalue weighted by Gasteiger charge is -2.10. The number of aromatic nitrogens is 3. The summed E-state index contributed by atoms with van der Waals surface area (Å²) in [6.07, 6.45) is 1.62. The number of hydrogen-bond donors (Lipinski definition) is 1. The summed E-state index contributed by atoms with van der Waals surface area (Å²) in [6.45, 7) is 1.63. The first-order valence-corrected chi connectivity index (χ1v) is 8.49. The van der Waals surface area contributed by atoms with Crippen LogP contribution in [0.15, 0.2) is 48.7 Å². The Morgan fingerprint density at radius 3 is 2.46 bits per heavy atom. The largest absolute Gasteiger partial charge is 0.508 e. The van der Waals surface area contributed by atoms with Crippen molar-refractivity contribution in [3.63, 3.8) is 0 Å². The normalized spacial score (nSPS) is 10.5. The highest BCUT2D eigenvalue weighted by Gasteiger charge is 2.12. The maximum Gasteiger partial charge on any atom is 0.184 e. The number of aromatic hydroxyl groups is 1. The van der Waals surface area contributed by atoms with Gasteiger partial charge < -0.3 is 14.6 Å². The smallest absolute Gasteiger partial charge is 0.184 e. The highest BCUT2D eigenvalue weighted by Crippen LogP contribution is 2.28. The van der Waals surface area contributed by atoms with Crippen LogP contribution in [0.3, 0.4) is 0 Å². The predicted molar refractivity (Wildman–Crippen MR) is 99.8 cm³/mol. The number of Topliss-reactive ketones (excluding diaryl/α,β-unsaturated/α-hetero) is 2. The standard InChI is InChI=1S/C20H19N3O5/c1-13(24)15-5-8-19(20(9-15)27-2)28-12-16-10-23(22-21-16)11-18(26)14-3-6-17(25)7-4-14/h3-10,25H,11-12H2,1-2H3. The van der Waals surface area contributed by atoms with Gasteiger partial charge in [0.1, 0.15) is 24.6 Å². The van der Waals surface area contributed by atoms with Gasteiger partial charge >= 0.3 is 0 Å². The van der Waals surface area contributed by atoms with E-state index in [1.54, 1.807) is 36.5 Å². The number of methoxy groups -OCH3 is 1. The molecule has 0 saturated heterocycles. The molecule has 8 heteroatoms. The SMILES string of the molecule is COc1cc(C(C)=O)ccc1OCc1cn(CC(=O)c2ccc(O)cc2)nn1. The van der Waals surface area contributed by atoms with Gasteiger partial charge in [-0.1, -0.05) is 5.21 Å². The van der Waals surface area contributed by atoms with Crippen molar-refractivity contribution in [1.82, 2.24) is 15.0 Å². The maximum absolute atomic E-state index is 12.2. The molecule has 0 aliphatic rings. The van der Waals surface area contributed by atoms with E-state index in [1.807, 2.05) is 0 Å². The van der Waals surface area contributed by atoms with E-state index in [9.17, 15) is 14.7 Å². The van der Waals surface area contributed by atoms with Gasteiger partial charge in [-0.05, 0) is 49.4 Å². The predicted octanol–water partition coefficient (Wildman–Crippen LogP) is 2.66. The number of carbonyl (C=O) groups excluding carboxylic acids is 2. The van der Waals surface area contributed by atoms with E-state index in [0.717, 1.165) is 0 Å². The first-order valence-electron chi connectivity index (χ1n) is 8.49. The van der Waals surface area contributed by atoms with Crippen LogP contribution in [-0.2, 0) is 13.2 Å². The molecule has 0 fully saturated rings. The minimum atomic E-state index is -0.154. The summed E-state index contributed by atoms with van der Waals surface area (Å²) in [7, 11) is 1.50. The van der Waals surface area contributed by atoms with Gasteiger partial charge in [0.25, 0.3) is 0 Å². The van der Waals surface area contributed by atoms with Crippen LogP contribution in [0.2, 0.25) is 0 Å². The molecule has 0 amide bonds. The fourth-order valence-electron chi connectivity index (χ4n) is 2.53. The van der Waals surface area contributed by atoms with Crippen LogP contribution in [0.4, 0.5) is 0 Å². The van der Waals surface area contributed by atoms with E-state index in [4.69, 9.17) is 9.47 Å². The Kier molecular flexibility index (Phi) is 5.69. The molecule has 1 aromatic heterocycles. The second-order valence-electron chi connectivity index (χ2n) is 6.09. The minimum Gasteiger partial charge on any atom is -0.508 e. The third kappa shape index (κ3) is 4.53. The van der Waals surface area contributed by atoms with Gasteiger partial charge in [0, 0.05) is 11.1 Å². The Morgan fingerprint density at radius 1 is 1.07 bits per heavy atom. The molecule has 2 aromatic carbocycles. The van der Waals surface area contributed by atoms with Crippen LogP contribution in [0.25, 0.3) is 0 Å².